The van der Waals surface area contributed by atoms with Gasteiger partial charge in [-0.05, 0) is 79.2 Å². The van der Waals surface area contributed by atoms with Crippen molar-refractivity contribution in [2.24, 2.45) is 0 Å². The van der Waals surface area contributed by atoms with Crippen LogP contribution in [0.3, 0.4) is 0 Å². The maximum atomic E-state index is 13.6. The van der Waals surface area contributed by atoms with Gasteiger partial charge < -0.3 is 10.2 Å². The van der Waals surface area contributed by atoms with Gasteiger partial charge in [0.2, 0.25) is 0 Å². The van der Waals surface area contributed by atoms with Crippen molar-refractivity contribution < 1.29 is 4.79 Å². The molecule has 174 valence electrons. The number of aromatic nitrogens is 2. The van der Waals surface area contributed by atoms with Gasteiger partial charge in [0, 0.05) is 16.0 Å². The molecule has 0 radical (unpaired) electrons. The highest BCUT2D eigenvalue weighted by atomic mass is 79.9. The van der Waals surface area contributed by atoms with E-state index < -0.39 is 6.04 Å². The second kappa shape index (κ2) is 9.99. The van der Waals surface area contributed by atoms with E-state index in [1.54, 1.807) is 27.7 Å². The second-order valence-corrected chi connectivity index (χ2v) is 9.27. The van der Waals surface area contributed by atoms with Crippen LogP contribution in [-0.2, 0) is 0 Å². The molecule has 4 aromatic rings. The number of rotatable bonds is 5. The van der Waals surface area contributed by atoms with Crippen LogP contribution < -0.4 is 10.9 Å². The summed E-state index contributed by atoms with van der Waals surface area (Å²) in [6.07, 6.45) is 0. The monoisotopic (exact) mass is 538 g/mol. The van der Waals surface area contributed by atoms with Crippen molar-refractivity contribution in [3.63, 3.8) is 0 Å². The Kier molecular flexibility index (Phi) is 7.05. The number of benzene rings is 3. The molecule has 0 saturated carbocycles. The Bertz CT molecular complexity index is 1420. The van der Waals surface area contributed by atoms with E-state index in [1.807, 2.05) is 69.3 Å². The van der Waals surface area contributed by atoms with Crippen LogP contribution in [0.25, 0.3) is 16.6 Å². The Morgan fingerprint density at radius 1 is 1.15 bits per heavy atom. The number of carbonyl (C=O) groups is 1. The summed E-state index contributed by atoms with van der Waals surface area (Å²) in [4.78, 5) is 33.3. The van der Waals surface area contributed by atoms with Crippen molar-refractivity contribution >= 4 is 50.2 Å². The lowest BCUT2D eigenvalue weighted by atomic mass is 10.1. The normalized spacial score (nSPS) is 11.9. The molecule has 1 aromatic heterocycles. The molecular weight excluding hydrogens is 516 g/mol. The molecule has 0 spiro atoms. The first-order chi connectivity index (χ1) is 16.3. The number of amides is 2. The number of aryl methyl sites for hydroxylation is 1. The van der Waals surface area contributed by atoms with Crippen LogP contribution in [0.2, 0.25) is 5.02 Å². The van der Waals surface area contributed by atoms with Crippen LogP contribution in [0.4, 0.5) is 10.5 Å². The van der Waals surface area contributed by atoms with E-state index in [2.05, 4.69) is 21.2 Å². The van der Waals surface area contributed by atoms with Crippen molar-refractivity contribution in [3.8, 4) is 5.69 Å². The van der Waals surface area contributed by atoms with Crippen LogP contribution in [0, 0.1) is 6.92 Å². The van der Waals surface area contributed by atoms with Gasteiger partial charge >= 0.3 is 6.03 Å². The standard InChI is InChI=1S/C26H24BrClN4O2/c1-4-31(26(34)30-22-8-6-5-7-21(22)27)17(3)24-29-23-15-18(28)11-14-20(23)25(33)32(24)19-12-9-16(2)10-13-19/h5-15,17H,4H2,1-3H3,(H,30,34). The summed E-state index contributed by atoms with van der Waals surface area (Å²) in [6.45, 7) is 6.16. The summed E-state index contributed by atoms with van der Waals surface area (Å²) in [5.41, 5.74) is 2.70. The molecule has 0 aliphatic carbocycles. The molecule has 1 unspecified atom stereocenters. The van der Waals surface area contributed by atoms with Gasteiger partial charge in [-0.1, -0.05) is 41.4 Å². The summed E-state index contributed by atoms with van der Waals surface area (Å²) in [5.74, 6) is 0.452. The summed E-state index contributed by atoms with van der Waals surface area (Å²) < 4.78 is 2.36. The number of fused-ring (bicyclic) bond motifs is 1. The summed E-state index contributed by atoms with van der Waals surface area (Å²) in [5, 5.41) is 3.89. The van der Waals surface area contributed by atoms with Crippen LogP contribution in [0.15, 0.2) is 76.0 Å². The van der Waals surface area contributed by atoms with Gasteiger partial charge in [0.05, 0.1) is 28.3 Å². The highest BCUT2D eigenvalue weighted by molar-refractivity contribution is 9.10. The molecule has 4 rings (SSSR count). The topological polar surface area (TPSA) is 67.2 Å². The highest BCUT2D eigenvalue weighted by Gasteiger charge is 2.26. The highest BCUT2D eigenvalue weighted by Crippen LogP contribution is 2.26. The molecular formula is C26H24BrClN4O2. The van der Waals surface area contributed by atoms with E-state index in [9.17, 15) is 9.59 Å². The number of hydrogen-bond acceptors (Lipinski definition) is 3. The van der Waals surface area contributed by atoms with E-state index >= 15 is 0 Å². The van der Waals surface area contributed by atoms with Crippen LogP contribution in [0.1, 0.15) is 31.3 Å². The van der Waals surface area contributed by atoms with E-state index in [1.165, 1.54) is 0 Å². The van der Waals surface area contributed by atoms with Gasteiger partial charge in [-0.15, -0.1) is 0 Å². The molecule has 0 bridgehead atoms. The minimum Gasteiger partial charge on any atom is -0.315 e. The first-order valence-corrected chi connectivity index (χ1v) is 12.1. The van der Waals surface area contributed by atoms with E-state index in [0.29, 0.717) is 39.7 Å². The maximum Gasteiger partial charge on any atom is 0.322 e. The van der Waals surface area contributed by atoms with Crippen molar-refractivity contribution in [2.75, 3.05) is 11.9 Å². The Morgan fingerprint density at radius 2 is 1.85 bits per heavy atom. The number of para-hydroxylation sites is 1. The fraction of sp³-hybridized carbons (Fsp3) is 0.192. The molecule has 0 fully saturated rings. The van der Waals surface area contributed by atoms with Crippen molar-refractivity contribution in [1.29, 1.82) is 0 Å². The van der Waals surface area contributed by atoms with Gasteiger partial charge in [-0.25, -0.2) is 9.78 Å². The molecule has 8 heteroatoms. The van der Waals surface area contributed by atoms with Crippen molar-refractivity contribution in [2.45, 2.75) is 26.8 Å². The lowest BCUT2D eigenvalue weighted by Gasteiger charge is -2.29. The molecule has 2 amide bonds. The van der Waals surface area contributed by atoms with Crippen molar-refractivity contribution in [3.05, 3.63) is 98.0 Å². The zero-order valence-corrected chi connectivity index (χ0v) is 21.4. The third kappa shape index (κ3) is 4.72. The first kappa shape index (κ1) is 24.0. The smallest absolute Gasteiger partial charge is 0.315 e. The van der Waals surface area contributed by atoms with Gasteiger partial charge in [0.1, 0.15) is 5.82 Å². The molecule has 0 aliphatic heterocycles. The van der Waals surface area contributed by atoms with Crippen LogP contribution >= 0.6 is 27.5 Å². The predicted molar refractivity (Wildman–Crippen MR) is 141 cm³/mol. The Balaban J connectivity index is 1.84. The molecule has 34 heavy (non-hydrogen) atoms. The number of halogens is 2. The largest absolute Gasteiger partial charge is 0.322 e. The Hall–Kier alpha value is -3.16. The zero-order valence-electron chi connectivity index (χ0n) is 19.0. The Labute approximate surface area is 211 Å². The molecule has 1 atom stereocenters. The lowest BCUT2D eigenvalue weighted by Crippen LogP contribution is -2.39. The minimum absolute atomic E-state index is 0.213. The fourth-order valence-electron chi connectivity index (χ4n) is 3.88. The third-order valence-corrected chi connectivity index (χ3v) is 6.63. The van der Waals surface area contributed by atoms with Crippen LogP contribution in [0.5, 0.6) is 0 Å². The summed E-state index contributed by atoms with van der Waals surface area (Å²) >= 11 is 9.66. The minimum atomic E-state index is -0.509. The zero-order chi connectivity index (χ0) is 24.4. The molecule has 1 heterocycles. The average molecular weight is 540 g/mol. The first-order valence-electron chi connectivity index (χ1n) is 10.9. The second-order valence-electron chi connectivity index (χ2n) is 7.98. The molecule has 3 aromatic carbocycles. The van der Waals surface area contributed by atoms with E-state index in [4.69, 9.17) is 16.6 Å². The molecule has 0 aliphatic rings. The summed E-state index contributed by atoms with van der Waals surface area (Å²) in [7, 11) is 0. The average Bonchev–Trinajstić information content (AvgIpc) is 2.81. The number of nitrogens with one attached hydrogen (secondary N) is 1. The number of urea groups is 1. The van der Waals surface area contributed by atoms with Gasteiger partial charge in [0.15, 0.2) is 0 Å². The third-order valence-electron chi connectivity index (χ3n) is 5.71. The predicted octanol–water partition coefficient (Wildman–Crippen LogP) is 6.73. The number of hydrogen-bond donors (Lipinski definition) is 1. The van der Waals surface area contributed by atoms with E-state index in [-0.39, 0.29) is 11.6 Å². The van der Waals surface area contributed by atoms with E-state index in [0.717, 1.165) is 10.0 Å². The maximum absolute atomic E-state index is 13.6. The van der Waals surface area contributed by atoms with Crippen LogP contribution in [-0.4, -0.2) is 27.0 Å². The number of anilines is 1. The Morgan fingerprint density at radius 3 is 2.53 bits per heavy atom. The lowest BCUT2D eigenvalue weighted by molar-refractivity contribution is 0.193. The quantitative estimate of drug-likeness (QED) is 0.306. The summed E-state index contributed by atoms with van der Waals surface area (Å²) in [6, 6.07) is 19.3. The SMILES string of the molecule is CCN(C(=O)Nc1ccccc1Br)C(C)c1nc2cc(Cl)ccc2c(=O)n1-c1ccc(C)cc1. The molecule has 6 nitrogen and oxygen atoms in total. The molecule has 1 N–H and O–H groups in total. The number of nitrogens with zero attached hydrogens (tertiary/aromatic N) is 3. The number of carbonyl (C=O) groups excluding carboxylic acids is 1. The molecule has 0 saturated heterocycles. The van der Waals surface area contributed by atoms with Crippen molar-refractivity contribution in [1.82, 2.24) is 14.5 Å². The van der Waals surface area contributed by atoms with Gasteiger partial charge in [0.25, 0.3) is 5.56 Å². The fourth-order valence-corrected chi connectivity index (χ4v) is 4.43. The van der Waals surface area contributed by atoms with Gasteiger partial charge in [-0.2, -0.15) is 0 Å². The van der Waals surface area contributed by atoms with Gasteiger partial charge in [-0.3, -0.25) is 9.36 Å².